The molecule has 3 nitrogen and oxygen atoms in total. The molecule has 1 fully saturated rings. The summed E-state index contributed by atoms with van der Waals surface area (Å²) >= 11 is 0. The molecule has 0 amide bonds. The third-order valence-corrected chi connectivity index (χ3v) is 3.42. The van der Waals surface area contributed by atoms with Crippen molar-refractivity contribution in [2.75, 3.05) is 19.8 Å². The summed E-state index contributed by atoms with van der Waals surface area (Å²) in [5.74, 6) is 0.0936. The van der Waals surface area contributed by atoms with Crippen molar-refractivity contribution in [1.82, 2.24) is 0 Å². The molecule has 0 N–H and O–H groups in total. The Morgan fingerprint density at radius 2 is 1.95 bits per heavy atom. The largest absolute Gasteiger partial charge is 0.376 e. The molecular weight excluding hydrogens is 240 g/mol. The number of rotatable bonds is 3. The lowest BCUT2D eigenvalue weighted by Gasteiger charge is -2.21. The molecule has 0 aliphatic carbocycles. The van der Waals surface area contributed by atoms with Crippen LogP contribution >= 0.6 is 0 Å². The normalized spacial score (nSPS) is 19.5. The molecule has 0 bridgehead atoms. The second-order valence-electron chi connectivity index (χ2n) is 4.72. The third kappa shape index (κ3) is 2.67. The van der Waals surface area contributed by atoms with E-state index in [0.717, 1.165) is 16.3 Å². The van der Waals surface area contributed by atoms with E-state index in [4.69, 9.17) is 9.47 Å². The molecule has 0 spiro atoms. The van der Waals surface area contributed by atoms with E-state index < -0.39 is 6.10 Å². The van der Waals surface area contributed by atoms with Crippen molar-refractivity contribution >= 4 is 16.6 Å². The van der Waals surface area contributed by atoms with Crippen molar-refractivity contribution in [3.8, 4) is 0 Å². The topological polar surface area (TPSA) is 35.5 Å². The van der Waals surface area contributed by atoms with Gasteiger partial charge in [-0.3, -0.25) is 4.79 Å². The molecule has 0 radical (unpaired) electrons. The molecule has 98 valence electrons. The Hall–Kier alpha value is -1.71. The molecule has 2 aromatic carbocycles. The van der Waals surface area contributed by atoms with E-state index in [9.17, 15) is 4.79 Å². The van der Waals surface area contributed by atoms with Crippen LogP contribution in [-0.4, -0.2) is 31.7 Å². The maximum absolute atomic E-state index is 12.2. The van der Waals surface area contributed by atoms with Crippen molar-refractivity contribution in [1.29, 1.82) is 0 Å². The lowest BCUT2D eigenvalue weighted by Crippen LogP contribution is -2.36. The maximum Gasteiger partial charge on any atom is 0.168 e. The molecule has 3 rings (SSSR count). The van der Waals surface area contributed by atoms with Gasteiger partial charge in [0.15, 0.2) is 5.78 Å². The van der Waals surface area contributed by atoms with E-state index >= 15 is 0 Å². The molecule has 1 aliphatic heterocycles. The van der Waals surface area contributed by atoms with Crippen molar-refractivity contribution in [2.45, 2.75) is 12.5 Å². The van der Waals surface area contributed by atoms with Crippen LogP contribution in [0.1, 0.15) is 5.56 Å². The first-order valence-electron chi connectivity index (χ1n) is 6.53. The zero-order valence-electron chi connectivity index (χ0n) is 10.7. The Kier molecular flexibility index (Phi) is 3.58. The Bertz CT molecular complexity index is 580. The smallest absolute Gasteiger partial charge is 0.168 e. The zero-order valence-corrected chi connectivity index (χ0v) is 10.7. The van der Waals surface area contributed by atoms with Gasteiger partial charge < -0.3 is 9.47 Å². The summed E-state index contributed by atoms with van der Waals surface area (Å²) in [7, 11) is 0. The number of ketones is 1. The number of carbonyl (C=O) groups excluding carboxylic acids is 1. The zero-order chi connectivity index (χ0) is 13.1. The van der Waals surface area contributed by atoms with Gasteiger partial charge in [-0.2, -0.15) is 0 Å². The Morgan fingerprint density at radius 3 is 2.79 bits per heavy atom. The lowest BCUT2D eigenvalue weighted by atomic mass is 9.99. The van der Waals surface area contributed by atoms with E-state index in [2.05, 4.69) is 18.2 Å². The van der Waals surface area contributed by atoms with Crippen molar-refractivity contribution < 1.29 is 14.3 Å². The summed E-state index contributed by atoms with van der Waals surface area (Å²) in [6, 6.07) is 14.2. The molecule has 1 aliphatic rings. The first kappa shape index (κ1) is 12.3. The van der Waals surface area contributed by atoms with Crippen molar-refractivity contribution in [3.63, 3.8) is 0 Å². The molecule has 0 aromatic heterocycles. The minimum atomic E-state index is -0.410. The predicted molar refractivity (Wildman–Crippen MR) is 73.2 cm³/mol. The van der Waals surface area contributed by atoms with Gasteiger partial charge >= 0.3 is 0 Å². The molecule has 0 saturated carbocycles. The highest BCUT2D eigenvalue weighted by molar-refractivity contribution is 5.92. The number of fused-ring (bicyclic) bond motifs is 1. The van der Waals surface area contributed by atoms with Gasteiger partial charge in [-0.1, -0.05) is 42.5 Å². The number of benzene rings is 2. The molecular formula is C16H16O3. The number of carbonyl (C=O) groups is 1. The number of hydrogen-bond donors (Lipinski definition) is 0. The summed E-state index contributed by atoms with van der Waals surface area (Å²) in [5, 5.41) is 2.30. The van der Waals surface area contributed by atoms with Crippen LogP contribution in [0.2, 0.25) is 0 Å². The fraction of sp³-hybridized carbons (Fsp3) is 0.312. The number of hydrogen-bond acceptors (Lipinski definition) is 3. The first-order valence-corrected chi connectivity index (χ1v) is 6.53. The molecule has 1 unspecified atom stereocenters. The second-order valence-corrected chi connectivity index (χ2v) is 4.72. The fourth-order valence-corrected chi connectivity index (χ4v) is 2.42. The van der Waals surface area contributed by atoms with Gasteiger partial charge in [-0.15, -0.1) is 0 Å². The Labute approximate surface area is 112 Å². The average Bonchev–Trinajstić information content (AvgIpc) is 2.48. The van der Waals surface area contributed by atoms with Gasteiger partial charge in [0.2, 0.25) is 0 Å². The van der Waals surface area contributed by atoms with Crippen LogP contribution in [0.4, 0.5) is 0 Å². The van der Waals surface area contributed by atoms with E-state index in [-0.39, 0.29) is 5.78 Å². The van der Waals surface area contributed by atoms with Crippen molar-refractivity contribution in [2.24, 2.45) is 0 Å². The molecule has 3 heteroatoms. The monoisotopic (exact) mass is 256 g/mol. The van der Waals surface area contributed by atoms with E-state index in [1.54, 1.807) is 0 Å². The first-order chi connectivity index (χ1) is 9.34. The maximum atomic E-state index is 12.2. The molecule has 1 saturated heterocycles. The van der Waals surface area contributed by atoms with Crippen LogP contribution in [0.25, 0.3) is 10.8 Å². The van der Waals surface area contributed by atoms with Crippen molar-refractivity contribution in [3.05, 3.63) is 48.0 Å². The van der Waals surface area contributed by atoms with Gasteiger partial charge in [-0.25, -0.2) is 0 Å². The summed E-state index contributed by atoms with van der Waals surface area (Å²) in [6.07, 6.45) is -0.0113. The molecule has 2 aromatic rings. The van der Waals surface area contributed by atoms with Gasteiger partial charge in [0, 0.05) is 6.42 Å². The molecule has 1 atom stereocenters. The number of Topliss-reactive ketones (excluding diaryl/α,β-unsaturated/α-hetero) is 1. The van der Waals surface area contributed by atoms with E-state index in [0.29, 0.717) is 26.2 Å². The lowest BCUT2D eigenvalue weighted by molar-refractivity contribution is -0.144. The SMILES string of the molecule is O=C(Cc1cccc2ccccc12)C1COCCO1. The van der Waals surface area contributed by atoms with E-state index in [1.807, 2.05) is 24.3 Å². The Morgan fingerprint density at radius 1 is 1.11 bits per heavy atom. The highest BCUT2D eigenvalue weighted by Gasteiger charge is 2.22. The molecule has 1 heterocycles. The second kappa shape index (κ2) is 5.51. The Balaban J connectivity index is 1.82. The van der Waals surface area contributed by atoms with Crippen LogP contribution in [0, 0.1) is 0 Å². The van der Waals surface area contributed by atoms with Crippen LogP contribution in [0.15, 0.2) is 42.5 Å². The van der Waals surface area contributed by atoms with Crippen LogP contribution in [0.5, 0.6) is 0 Å². The van der Waals surface area contributed by atoms with Gasteiger partial charge in [0.05, 0.1) is 19.8 Å². The summed E-state index contributed by atoms with van der Waals surface area (Å²) in [4.78, 5) is 12.2. The molecule has 19 heavy (non-hydrogen) atoms. The summed E-state index contributed by atoms with van der Waals surface area (Å²) in [6.45, 7) is 1.47. The number of ether oxygens (including phenoxy) is 2. The minimum Gasteiger partial charge on any atom is -0.376 e. The quantitative estimate of drug-likeness (QED) is 0.845. The minimum absolute atomic E-state index is 0.0936. The van der Waals surface area contributed by atoms with Gasteiger partial charge in [0.1, 0.15) is 6.10 Å². The highest BCUT2D eigenvalue weighted by atomic mass is 16.6. The highest BCUT2D eigenvalue weighted by Crippen LogP contribution is 2.20. The van der Waals surface area contributed by atoms with Crippen LogP contribution in [-0.2, 0) is 20.7 Å². The average molecular weight is 256 g/mol. The summed E-state index contributed by atoms with van der Waals surface area (Å²) in [5.41, 5.74) is 1.05. The fourth-order valence-electron chi connectivity index (χ4n) is 2.42. The standard InChI is InChI=1S/C16H16O3/c17-15(16-11-18-8-9-19-16)10-13-6-3-5-12-4-1-2-7-14(12)13/h1-7,16H,8-11H2. The van der Waals surface area contributed by atoms with Crippen LogP contribution < -0.4 is 0 Å². The predicted octanol–water partition coefficient (Wildman–Crippen LogP) is 2.37. The third-order valence-electron chi connectivity index (χ3n) is 3.42. The van der Waals surface area contributed by atoms with Gasteiger partial charge in [-0.05, 0) is 16.3 Å². The summed E-state index contributed by atoms with van der Waals surface area (Å²) < 4.78 is 10.7. The van der Waals surface area contributed by atoms with Gasteiger partial charge in [0.25, 0.3) is 0 Å². The van der Waals surface area contributed by atoms with E-state index in [1.165, 1.54) is 0 Å². The van der Waals surface area contributed by atoms with Crippen LogP contribution in [0.3, 0.4) is 0 Å².